The van der Waals surface area contributed by atoms with E-state index in [0.29, 0.717) is 11.1 Å². The molecule has 1 aliphatic carbocycles. The van der Waals surface area contributed by atoms with E-state index in [1.54, 1.807) is 19.1 Å². The van der Waals surface area contributed by atoms with Gasteiger partial charge in [0.25, 0.3) is 11.6 Å². The summed E-state index contributed by atoms with van der Waals surface area (Å²) in [4.78, 5) is 23.0. The Kier molecular flexibility index (Phi) is 7.89. The van der Waals surface area contributed by atoms with E-state index in [4.69, 9.17) is 0 Å². The molecule has 0 atom stereocenters. The first-order valence-corrected chi connectivity index (χ1v) is 9.64. The van der Waals surface area contributed by atoms with Crippen molar-refractivity contribution in [1.29, 1.82) is 0 Å². The molecule has 0 aliphatic heterocycles. The molecule has 0 spiro atoms. The van der Waals surface area contributed by atoms with Crippen LogP contribution >= 0.6 is 0 Å². The van der Waals surface area contributed by atoms with Crippen LogP contribution in [0.5, 0.6) is 0 Å². The molecular weight excluding hydrogens is 316 g/mol. The number of hydrogen-bond donors (Lipinski definition) is 1. The number of nitrogens with zero attached hydrogens (tertiary/aromatic N) is 1. The molecule has 1 aliphatic rings. The van der Waals surface area contributed by atoms with Crippen LogP contribution in [0.1, 0.15) is 86.6 Å². The number of nitrogens with one attached hydrogen (secondary N) is 1. The van der Waals surface area contributed by atoms with E-state index in [0.717, 1.165) is 25.7 Å². The second-order valence-electron chi connectivity index (χ2n) is 7.19. The van der Waals surface area contributed by atoms with Crippen LogP contribution in [0.2, 0.25) is 0 Å². The number of carbonyl (C=O) groups is 1. The van der Waals surface area contributed by atoms with E-state index >= 15 is 0 Å². The molecule has 0 aromatic heterocycles. The van der Waals surface area contributed by atoms with Gasteiger partial charge in [-0.15, -0.1) is 0 Å². The van der Waals surface area contributed by atoms with E-state index in [2.05, 4.69) is 5.32 Å². The van der Waals surface area contributed by atoms with Crippen LogP contribution in [-0.2, 0) is 0 Å². The highest BCUT2D eigenvalue weighted by molar-refractivity contribution is 5.94. The van der Waals surface area contributed by atoms with E-state index in [1.807, 2.05) is 0 Å². The maximum absolute atomic E-state index is 12.5. The molecule has 0 heterocycles. The Morgan fingerprint density at radius 2 is 1.52 bits per heavy atom. The summed E-state index contributed by atoms with van der Waals surface area (Å²) < 4.78 is 0. The summed E-state index contributed by atoms with van der Waals surface area (Å²) in [6.07, 6.45) is 13.5. The fraction of sp³-hybridized carbons (Fsp3) is 0.650. The Hall–Kier alpha value is -1.91. The molecule has 1 saturated carbocycles. The predicted octanol–water partition coefficient (Wildman–Crippen LogP) is 5.31. The average Bonchev–Trinajstić information content (AvgIpc) is 2.56. The third kappa shape index (κ3) is 6.48. The fourth-order valence-corrected chi connectivity index (χ4v) is 3.58. The SMILES string of the molecule is Cc1cc(C(=O)NC2CCCCCCCCCCC2)ccc1[N+](=O)[O-]. The van der Waals surface area contributed by atoms with Crippen molar-refractivity contribution in [2.45, 2.75) is 83.6 Å². The van der Waals surface area contributed by atoms with E-state index in [9.17, 15) is 14.9 Å². The molecule has 2 rings (SSSR count). The van der Waals surface area contributed by atoms with Crippen molar-refractivity contribution in [1.82, 2.24) is 5.32 Å². The maximum atomic E-state index is 12.5. The highest BCUT2D eigenvalue weighted by Crippen LogP contribution is 2.20. The van der Waals surface area contributed by atoms with E-state index < -0.39 is 4.92 Å². The van der Waals surface area contributed by atoms with Crippen molar-refractivity contribution in [3.8, 4) is 0 Å². The zero-order valence-corrected chi connectivity index (χ0v) is 15.3. The molecule has 1 aromatic carbocycles. The molecule has 5 heteroatoms. The number of carbonyl (C=O) groups excluding carboxylic acids is 1. The fourth-order valence-electron chi connectivity index (χ4n) is 3.58. The van der Waals surface area contributed by atoms with Gasteiger partial charge in [-0.1, -0.05) is 57.8 Å². The van der Waals surface area contributed by atoms with Crippen LogP contribution in [0.3, 0.4) is 0 Å². The number of rotatable bonds is 3. The maximum Gasteiger partial charge on any atom is 0.272 e. The smallest absolute Gasteiger partial charge is 0.272 e. The molecule has 1 fully saturated rings. The molecule has 1 N–H and O–H groups in total. The number of benzene rings is 1. The molecule has 0 bridgehead atoms. The first-order chi connectivity index (χ1) is 12.1. The lowest BCUT2D eigenvalue weighted by Crippen LogP contribution is -2.35. The molecular formula is C20H30N2O3. The standard InChI is InChI=1S/C20H30N2O3/c1-16-15-17(13-14-19(16)22(24)25)20(23)21-18-11-9-7-5-3-2-4-6-8-10-12-18/h13-15,18H,2-12H2,1H3,(H,21,23). The van der Waals surface area contributed by atoms with Crippen molar-refractivity contribution in [2.75, 3.05) is 0 Å². The zero-order valence-electron chi connectivity index (χ0n) is 15.3. The quantitative estimate of drug-likeness (QED) is 0.596. The van der Waals surface area contributed by atoms with Crippen LogP contribution in [0.25, 0.3) is 0 Å². The minimum atomic E-state index is -0.413. The number of nitro benzene ring substituents is 1. The van der Waals surface area contributed by atoms with Gasteiger partial charge in [-0.2, -0.15) is 0 Å². The first kappa shape index (κ1) is 19.4. The number of amides is 1. The molecule has 0 unspecified atom stereocenters. The van der Waals surface area contributed by atoms with Gasteiger partial charge in [0.1, 0.15) is 0 Å². The van der Waals surface area contributed by atoms with Crippen molar-refractivity contribution in [2.24, 2.45) is 0 Å². The van der Waals surface area contributed by atoms with Gasteiger partial charge in [-0.25, -0.2) is 0 Å². The van der Waals surface area contributed by atoms with Crippen molar-refractivity contribution < 1.29 is 9.72 Å². The predicted molar refractivity (Wildman–Crippen MR) is 99.9 cm³/mol. The van der Waals surface area contributed by atoms with Crippen molar-refractivity contribution in [3.05, 3.63) is 39.4 Å². The first-order valence-electron chi connectivity index (χ1n) is 9.64. The van der Waals surface area contributed by atoms with Crippen molar-refractivity contribution >= 4 is 11.6 Å². The van der Waals surface area contributed by atoms with Gasteiger partial charge in [-0.05, 0) is 31.9 Å². The summed E-state index contributed by atoms with van der Waals surface area (Å²) in [5.74, 6) is -0.116. The minimum Gasteiger partial charge on any atom is -0.349 e. The normalized spacial score (nSPS) is 18.0. The Morgan fingerprint density at radius 1 is 1.00 bits per heavy atom. The largest absolute Gasteiger partial charge is 0.349 e. The second kappa shape index (κ2) is 10.2. The van der Waals surface area contributed by atoms with Crippen LogP contribution in [0.15, 0.2) is 18.2 Å². The number of hydrogen-bond acceptors (Lipinski definition) is 3. The summed E-state index contributed by atoms with van der Waals surface area (Å²) in [5.41, 5.74) is 1.09. The molecule has 0 radical (unpaired) electrons. The van der Waals surface area contributed by atoms with Crippen molar-refractivity contribution in [3.63, 3.8) is 0 Å². The van der Waals surface area contributed by atoms with Crippen LogP contribution in [-0.4, -0.2) is 16.9 Å². The lowest BCUT2D eigenvalue weighted by Gasteiger charge is -2.19. The van der Waals surface area contributed by atoms with Crippen LogP contribution in [0.4, 0.5) is 5.69 Å². The lowest BCUT2D eigenvalue weighted by molar-refractivity contribution is -0.385. The molecule has 0 saturated heterocycles. The molecule has 25 heavy (non-hydrogen) atoms. The summed E-state index contributed by atoms with van der Waals surface area (Å²) in [6, 6.07) is 4.80. The van der Waals surface area contributed by atoms with Gasteiger partial charge < -0.3 is 5.32 Å². The van der Waals surface area contributed by atoms with E-state index in [-0.39, 0.29) is 17.6 Å². The Labute approximate surface area is 150 Å². The lowest BCUT2D eigenvalue weighted by atomic mass is 9.97. The third-order valence-electron chi connectivity index (χ3n) is 5.10. The highest BCUT2D eigenvalue weighted by Gasteiger charge is 2.17. The van der Waals surface area contributed by atoms with Gasteiger partial charge in [-0.3, -0.25) is 14.9 Å². The second-order valence-corrected chi connectivity index (χ2v) is 7.19. The van der Waals surface area contributed by atoms with Gasteiger partial charge in [0.15, 0.2) is 0 Å². The number of aryl methyl sites for hydroxylation is 1. The third-order valence-corrected chi connectivity index (χ3v) is 5.10. The Balaban J connectivity index is 1.95. The van der Waals surface area contributed by atoms with Gasteiger partial charge in [0, 0.05) is 23.2 Å². The Morgan fingerprint density at radius 3 is 2.00 bits per heavy atom. The summed E-state index contributed by atoms with van der Waals surface area (Å²) in [5, 5.41) is 14.1. The summed E-state index contributed by atoms with van der Waals surface area (Å²) in [7, 11) is 0. The van der Waals surface area contributed by atoms with Gasteiger partial charge >= 0.3 is 0 Å². The summed E-state index contributed by atoms with van der Waals surface area (Å²) in [6.45, 7) is 1.67. The zero-order chi connectivity index (χ0) is 18.1. The monoisotopic (exact) mass is 346 g/mol. The van der Waals surface area contributed by atoms with Crippen LogP contribution in [0, 0.1) is 17.0 Å². The van der Waals surface area contributed by atoms with Gasteiger partial charge in [0.2, 0.25) is 0 Å². The average molecular weight is 346 g/mol. The molecule has 5 nitrogen and oxygen atoms in total. The molecule has 1 aromatic rings. The Bertz CT molecular complexity index is 574. The minimum absolute atomic E-state index is 0.0579. The molecule has 1 amide bonds. The van der Waals surface area contributed by atoms with E-state index in [1.165, 1.54) is 51.0 Å². The highest BCUT2D eigenvalue weighted by atomic mass is 16.6. The van der Waals surface area contributed by atoms with Crippen LogP contribution < -0.4 is 5.32 Å². The topological polar surface area (TPSA) is 72.2 Å². The molecule has 138 valence electrons. The number of nitro groups is 1. The summed E-state index contributed by atoms with van der Waals surface area (Å²) >= 11 is 0. The van der Waals surface area contributed by atoms with Gasteiger partial charge in [0.05, 0.1) is 4.92 Å².